The van der Waals surface area contributed by atoms with Crippen LogP contribution in [0.2, 0.25) is 0 Å². The number of rotatable bonds is 4. The van der Waals surface area contributed by atoms with Crippen molar-refractivity contribution in [3.05, 3.63) is 72.3 Å². The first-order chi connectivity index (χ1) is 8.40. The van der Waals surface area contributed by atoms with E-state index in [1.54, 1.807) is 17.8 Å². The van der Waals surface area contributed by atoms with Crippen LogP contribution in [0.5, 0.6) is 0 Å². The van der Waals surface area contributed by atoms with E-state index in [-0.39, 0.29) is 0 Å². The van der Waals surface area contributed by atoms with Gasteiger partial charge >= 0.3 is 0 Å². The number of thioether (sulfide) groups is 1. The van der Waals surface area contributed by atoms with E-state index in [4.69, 9.17) is 0 Å². The number of hydrogen-bond donors (Lipinski definition) is 0. The van der Waals surface area contributed by atoms with E-state index in [1.807, 2.05) is 60.7 Å². The summed E-state index contributed by atoms with van der Waals surface area (Å²) in [6.07, 6.45) is 2.44. The zero-order valence-corrected chi connectivity index (χ0v) is 10.1. The maximum absolute atomic E-state index is 10.7. The second kappa shape index (κ2) is 6.06. The van der Waals surface area contributed by atoms with Crippen LogP contribution in [0.3, 0.4) is 0 Å². The van der Waals surface area contributed by atoms with Crippen molar-refractivity contribution in [3.63, 3.8) is 0 Å². The lowest BCUT2D eigenvalue weighted by Crippen LogP contribution is -1.81. The van der Waals surface area contributed by atoms with Gasteiger partial charge in [-0.15, -0.1) is 0 Å². The molecule has 0 bridgehead atoms. The van der Waals surface area contributed by atoms with Gasteiger partial charge in [0.05, 0.1) is 0 Å². The van der Waals surface area contributed by atoms with E-state index in [2.05, 4.69) is 0 Å². The monoisotopic (exact) mass is 240 g/mol. The standard InChI is InChI=1S/C15H12OS/c16-12-11-15(13-7-3-1-4-8-13)17-14-9-5-2-6-10-14/h1-12H. The van der Waals surface area contributed by atoms with Crippen molar-refractivity contribution >= 4 is 23.0 Å². The molecular formula is C15H12OS. The van der Waals surface area contributed by atoms with E-state index < -0.39 is 0 Å². The fourth-order valence-electron chi connectivity index (χ4n) is 1.47. The van der Waals surface area contributed by atoms with Gasteiger partial charge in [0.15, 0.2) is 0 Å². The third-order valence-corrected chi connectivity index (χ3v) is 3.35. The molecule has 0 spiro atoms. The van der Waals surface area contributed by atoms with Crippen LogP contribution in [0.4, 0.5) is 0 Å². The summed E-state index contributed by atoms with van der Waals surface area (Å²) in [6, 6.07) is 20.0. The summed E-state index contributed by atoms with van der Waals surface area (Å²) < 4.78 is 0. The number of benzene rings is 2. The second-order valence-corrected chi connectivity index (χ2v) is 4.56. The summed E-state index contributed by atoms with van der Waals surface area (Å²) in [6.45, 7) is 0. The average Bonchev–Trinajstić information content (AvgIpc) is 2.40. The molecule has 0 saturated carbocycles. The molecule has 0 atom stereocenters. The SMILES string of the molecule is O=CC=C(Sc1ccccc1)c1ccccc1. The average molecular weight is 240 g/mol. The van der Waals surface area contributed by atoms with Crippen LogP contribution < -0.4 is 0 Å². The van der Waals surface area contributed by atoms with Crippen molar-refractivity contribution < 1.29 is 4.79 Å². The number of allylic oxidation sites excluding steroid dienone is 1. The Kier molecular flexibility index (Phi) is 4.17. The summed E-state index contributed by atoms with van der Waals surface area (Å²) in [5.41, 5.74) is 1.06. The van der Waals surface area contributed by atoms with Crippen molar-refractivity contribution in [1.29, 1.82) is 0 Å². The smallest absolute Gasteiger partial charge is 0.143 e. The molecule has 0 fully saturated rings. The Morgan fingerprint density at radius 1 is 0.882 bits per heavy atom. The Morgan fingerprint density at radius 3 is 2.06 bits per heavy atom. The van der Waals surface area contributed by atoms with Crippen molar-refractivity contribution in [2.24, 2.45) is 0 Å². The molecule has 2 aromatic carbocycles. The summed E-state index contributed by atoms with van der Waals surface area (Å²) in [5.74, 6) is 0. The lowest BCUT2D eigenvalue weighted by atomic mass is 10.2. The summed E-state index contributed by atoms with van der Waals surface area (Å²) in [5, 5.41) is 0. The fraction of sp³-hybridized carbons (Fsp3) is 0. The summed E-state index contributed by atoms with van der Waals surface area (Å²) in [7, 11) is 0. The Labute approximate surface area is 105 Å². The number of aldehydes is 1. The number of carbonyl (C=O) groups is 1. The quantitative estimate of drug-likeness (QED) is 0.456. The maximum Gasteiger partial charge on any atom is 0.143 e. The molecule has 0 heterocycles. The molecular weight excluding hydrogens is 228 g/mol. The van der Waals surface area contributed by atoms with Gasteiger partial charge < -0.3 is 0 Å². The van der Waals surface area contributed by atoms with Gasteiger partial charge in [-0.05, 0) is 23.8 Å². The lowest BCUT2D eigenvalue weighted by molar-refractivity contribution is -0.104. The van der Waals surface area contributed by atoms with Crippen LogP contribution in [0.1, 0.15) is 5.56 Å². The van der Waals surface area contributed by atoms with E-state index in [0.717, 1.165) is 21.7 Å². The van der Waals surface area contributed by atoms with Crippen LogP contribution >= 0.6 is 11.8 Å². The van der Waals surface area contributed by atoms with Gasteiger partial charge in [0.1, 0.15) is 6.29 Å². The van der Waals surface area contributed by atoms with Gasteiger partial charge in [-0.2, -0.15) is 0 Å². The highest BCUT2D eigenvalue weighted by molar-refractivity contribution is 8.08. The summed E-state index contributed by atoms with van der Waals surface area (Å²) >= 11 is 1.60. The minimum absolute atomic E-state index is 0.832. The molecule has 2 aromatic rings. The first kappa shape index (κ1) is 11.7. The van der Waals surface area contributed by atoms with Crippen molar-refractivity contribution in [2.45, 2.75) is 4.90 Å². The number of carbonyl (C=O) groups excluding carboxylic acids is 1. The number of hydrogen-bond acceptors (Lipinski definition) is 2. The van der Waals surface area contributed by atoms with Gasteiger partial charge in [-0.1, -0.05) is 60.3 Å². The zero-order chi connectivity index (χ0) is 11.9. The molecule has 0 amide bonds. The van der Waals surface area contributed by atoms with Crippen LogP contribution in [0, 0.1) is 0 Å². The van der Waals surface area contributed by atoms with Gasteiger partial charge in [0.25, 0.3) is 0 Å². The van der Waals surface area contributed by atoms with Crippen LogP contribution in [0.25, 0.3) is 4.91 Å². The predicted octanol–water partition coefficient (Wildman–Crippen LogP) is 4.02. The minimum Gasteiger partial charge on any atom is -0.299 e. The molecule has 0 aliphatic heterocycles. The topological polar surface area (TPSA) is 17.1 Å². The third kappa shape index (κ3) is 3.33. The van der Waals surface area contributed by atoms with E-state index >= 15 is 0 Å². The van der Waals surface area contributed by atoms with Gasteiger partial charge in [0.2, 0.25) is 0 Å². The molecule has 0 aliphatic rings. The largest absolute Gasteiger partial charge is 0.299 e. The van der Waals surface area contributed by atoms with Crippen LogP contribution in [-0.2, 0) is 4.79 Å². The molecule has 0 radical (unpaired) electrons. The van der Waals surface area contributed by atoms with E-state index in [0.29, 0.717) is 0 Å². The van der Waals surface area contributed by atoms with Gasteiger partial charge in [-0.3, -0.25) is 4.79 Å². The molecule has 17 heavy (non-hydrogen) atoms. The molecule has 2 rings (SSSR count). The molecule has 2 heteroatoms. The minimum atomic E-state index is 0.832. The first-order valence-corrected chi connectivity index (χ1v) is 6.15. The maximum atomic E-state index is 10.7. The molecule has 0 N–H and O–H groups in total. The third-order valence-electron chi connectivity index (χ3n) is 2.25. The highest BCUT2D eigenvalue weighted by atomic mass is 32.2. The van der Waals surface area contributed by atoms with Crippen molar-refractivity contribution in [2.75, 3.05) is 0 Å². The molecule has 0 saturated heterocycles. The van der Waals surface area contributed by atoms with E-state index in [1.165, 1.54) is 0 Å². The van der Waals surface area contributed by atoms with Crippen LogP contribution in [-0.4, -0.2) is 6.29 Å². The fourth-order valence-corrected chi connectivity index (χ4v) is 2.39. The van der Waals surface area contributed by atoms with Crippen molar-refractivity contribution in [3.8, 4) is 0 Å². The summed E-state index contributed by atoms with van der Waals surface area (Å²) in [4.78, 5) is 12.8. The van der Waals surface area contributed by atoms with Gasteiger partial charge in [-0.25, -0.2) is 0 Å². The Balaban J connectivity index is 2.26. The van der Waals surface area contributed by atoms with E-state index in [9.17, 15) is 4.79 Å². The highest BCUT2D eigenvalue weighted by Crippen LogP contribution is 2.33. The molecule has 1 nitrogen and oxygen atoms in total. The van der Waals surface area contributed by atoms with Crippen molar-refractivity contribution in [1.82, 2.24) is 0 Å². The molecule has 0 aromatic heterocycles. The molecule has 84 valence electrons. The van der Waals surface area contributed by atoms with Gasteiger partial charge in [0, 0.05) is 9.80 Å². The first-order valence-electron chi connectivity index (χ1n) is 5.34. The predicted molar refractivity (Wildman–Crippen MR) is 72.8 cm³/mol. The molecule has 0 unspecified atom stereocenters. The normalized spacial score (nSPS) is 11.2. The lowest BCUT2D eigenvalue weighted by Gasteiger charge is -2.06. The Bertz CT molecular complexity index is 503. The Morgan fingerprint density at radius 2 is 1.47 bits per heavy atom. The Hall–Kier alpha value is -1.80. The second-order valence-electron chi connectivity index (χ2n) is 3.45. The molecule has 0 aliphatic carbocycles. The highest BCUT2D eigenvalue weighted by Gasteiger charge is 2.02. The van der Waals surface area contributed by atoms with Crippen LogP contribution in [0.15, 0.2) is 71.6 Å². The zero-order valence-electron chi connectivity index (χ0n) is 9.24.